The third-order valence-corrected chi connectivity index (χ3v) is 6.78. The molecule has 4 unspecified atom stereocenters. The van der Waals surface area contributed by atoms with E-state index in [9.17, 15) is 0 Å². The summed E-state index contributed by atoms with van der Waals surface area (Å²) in [6.45, 7) is 12.8. The Morgan fingerprint density at radius 1 is 1.33 bits per heavy atom. The highest BCUT2D eigenvalue weighted by Crippen LogP contribution is 2.27. The average molecular weight is 373 g/mol. The summed E-state index contributed by atoms with van der Waals surface area (Å²) in [6, 6.07) is 3.58. The molecule has 0 saturated carbocycles. The number of halogens is 1. The molecule has 120 valence electrons. The van der Waals surface area contributed by atoms with Crippen molar-refractivity contribution >= 4 is 27.3 Å². The number of thiophene rings is 1. The van der Waals surface area contributed by atoms with E-state index in [2.05, 4.69) is 65.3 Å². The van der Waals surface area contributed by atoms with Gasteiger partial charge in [-0.05, 0) is 33.8 Å². The molecule has 1 aliphatic rings. The molecule has 0 aliphatic carbocycles. The van der Waals surface area contributed by atoms with Crippen molar-refractivity contribution in [2.75, 3.05) is 13.1 Å². The van der Waals surface area contributed by atoms with E-state index in [1.165, 1.54) is 28.7 Å². The van der Waals surface area contributed by atoms with E-state index in [1.807, 2.05) is 11.3 Å². The predicted octanol–water partition coefficient (Wildman–Crippen LogP) is 4.75. The summed E-state index contributed by atoms with van der Waals surface area (Å²) in [5, 5.41) is 6.00. The highest BCUT2D eigenvalue weighted by Gasteiger charge is 2.32. The molecule has 0 aromatic carbocycles. The van der Waals surface area contributed by atoms with Gasteiger partial charge in [0.05, 0.1) is 0 Å². The van der Waals surface area contributed by atoms with Crippen LogP contribution in [0.15, 0.2) is 15.9 Å². The van der Waals surface area contributed by atoms with Crippen LogP contribution in [0.3, 0.4) is 0 Å². The van der Waals surface area contributed by atoms with Gasteiger partial charge in [0.1, 0.15) is 0 Å². The quantitative estimate of drug-likeness (QED) is 0.775. The fourth-order valence-electron chi connectivity index (χ4n) is 3.17. The van der Waals surface area contributed by atoms with Crippen molar-refractivity contribution < 1.29 is 0 Å². The molecular formula is C17H29BrN2S. The first-order valence-corrected chi connectivity index (χ1v) is 9.92. The molecule has 4 heteroatoms. The Balaban J connectivity index is 2.08. The van der Waals surface area contributed by atoms with Crippen LogP contribution in [0.5, 0.6) is 0 Å². The zero-order valence-corrected chi connectivity index (χ0v) is 16.1. The Morgan fingerprint density at radius 3 is 2.62 bits per heavy atom. The van der Waals surface area contributed by atoms with Crippen molar-refractivity contribution in [2.45, 2.75) is 59.2 Å². The second-order valence-corrected chi connectivity index (χ2v) is 8.43. The summed E-state index contributed by atoms with van der Waals surface area (Å²) in [6.07, 6.45) is 2.51. The smallest absolute Gasteiger partial charge is 0.0332 e. The minimum atomic E-state index is 0.638. The fourth-order valence-corrected chi connectivity index (χ4v) is 4.65. The lowest BCUT2D eigenvalue weighted by molar-refractivity contribution is 0.0702. The van der Waals surface area contributed by atoms with Crippen LogP contribution in [-0.4, -0.2) is 30.1 Å². The van der Waals surface area contributed by atoms with Crippen molar-refractivity contribution in [2.24, 2.45) is 11.8 Å². The Kier molecular flexibility index (Phi) is 6.73. The van der Waals surface area contributed by atoms with Crippen molar-refractivity contribution in [3.63, 3.8) is 0 Å². The van der Waals surface area contributed by atoms with Crippen LogP contribution in [0.25, 0.3) is 0 Å². The Morgan fingerprint density at radius 2 is 2.05 bits per heavy atom. The zero-order valence-electron chi connectivity index (χ0n) is 13.7. The molecule has 2 rings (SSSR count). The molecule has 1 fully saturated rings. The molecule has 0 radical (unpaired) electrons. The Hall–Kier alpha value is 0.1000. The van der Waals surface area contributed by atoms with Gasteiger partial charge in [0.2, 0.25) is 0 Å². The van der Waals surface area contributed by atoms with Crippen LogP contribution in [-0.2, 0) is 6.54 Å². The molecule has 21 heavy (non-hydrogen) atoms. The SMILES string of the molecule is CCC(C)C1CN(Cc2cc(Br)cs2)C(C(C)CC)CN1. The largest absolute Gasteiger partial charge is 0.311 e. The van der Waals surface area contributed by atoms with Gasteiger partial charge in [-0.1, -0.05) is 40.5 Å². The van der Waals surface area contributed by atoms with Crippen molar-refractivity contribution in [3.8, 4) is 0 Å². The highest BCUT2D eigenvalue weighted by atomic mass is 79.9. The van der Waals surface area contributed by atoms with E-state index in [0.717, 1.165) is 24.9 Å². The first-order chi connectivity index (χ1) is 10.0. The molecule has 1 aliphatic heterocycles. The lowest BCUT2D eigenvalue weighted by Crippen LogP contribution is -2.59. The lowest BCUT2D eigenvalue weighted by atomic mass is 9.90. The van der Waals surface area contributed by atoms with E-state index in [0.29, 0.717) is 12.1 Å². The summed E-state index contributed by atoms with van der Waals surface area (Å²) in [4.78, 5) is 4.19. The van der Waals surface area contributed by atoms with Crippen molar-refractivity contribution in [3.05, 3.63) is 20.8 Å². The van der Waals surface area contributed by atoms with Gasteiger partial charge in [0.15, 0.2) is 0 Å². The highest BCUT2D eigenvalue weighted by molar-refractivity contribution is 9.10. The summed E-state index contributed by atoms with van der Waals surface area (Å²) < 4.78 is 1.22. The topological polar surface area (TPSA) is 15.3 Å². The zero-order chi connectivity index (χ0) is 15.4. The molecule has 4 atom stereocenters. The van der Waals surface area contributed by atoms with E-state index < -0.39 is 0 Å². The molecule has 2 nitrogen and oxygen atoms in total. The summed E-state index contributed by atoms with van der Waals surface area (Å²) in [7, 11) is 0. The number of hydrogen-bond donors (Lipinski definition) is 1. The fraction of sp³-hybridized carbons (Fsp3) is 0.765. The van der Waals surface area contributed by atoms with Gasteiger partial charge in [-0.25, -0.2) is 0 Å². The molecule has 1 N–H and O–H groups in total. The van der Waals surface area contributed by atoms with E-state index in [4.69, 9.17) is 0 Å². The molecule has 0 spiro atoms. The molecule has 1 saturated heterocycles. The third-order valence-electron chi connectivity index (χ3n) is 5.10. The molecule has 1 aromatic heterocycles. The van der Waals surface area contributed by atoms with Crippen LogP contribution in [0, 0.1) is 11.8 Å². The van der Waals surface area contributed by atoms with Gasteiger partial charge in [0, 0.05) is 46.4 Å². The van der Waals surface area contributed by atoms with Gasteiger partial charge >= 0.3 is 0 Å². The van der Waals surface area contributed by atoms with Crippen LogP contribution in [0.1, 0.15) is 45.4 Å². The molecule has 1 aromatic rings. The van der Waals surface area contributed by atoms with Crippen LogP contribution in [0.2, 0.25) is 0 Å². The van der Waals surface area contributed by atoms with E-state index in [-0.39, 0.29) is 0 Å². The monoisotopic (exact) mass is 372 g/mol. The minimum absolute atomic E-state index is 0.638. The van der Waals surface area contributed by atoms with Crippen LogP contribution >= 0.6 is 27.3 Å². The Labute approximate surface area is 142 Å². The maximum Gasteiger partial charge on any atom is 0.0332 e. The van der Waals surface area contributed by atoms with Gasteiger partial charge in [-0.3, -0.25) is 4.90 Å². The average Bonchev–Trinajstić information content (AvgIpc) is 2.90. The van der Waals surface area contributed by atoms with Crippen LogP contribution in [0.4, 0.5) is 0 Å². The van der Waals surface area contributed by atoms with Gasteiger partial charge in [-0.15, -0.1) is 11.3 Å². The lowest BCUT2D eigenvalue weighted by Gasteiger charge is -2.44. The molecule has 0 amide bonds. The predicted molar refractivity (Wildman–Crippen MR) is 96.9 cm³/mol. The first kappa shape index (κ1) is 17.5. The van der Waals surface area contributed by atoms with Gasteiger partial charge < -0.3 is 5.32 Å². The standard InChI is InChI=1S/C17H29BrN2S/c1-5-12(3)16-10-20(9-15-7-14(18)11-21-15)17(8-19-16)13(4)6-2/h7,11-13,16-17,19H,5-6,8-10H2,1-4H3. The molecular weight excluding hydrogens is 344 g/mol. The normalized spacial score (nSPS) is 26.7. The molecule has 0 bridgehead atoms. The van der Waals surface area contributed by atoms with Crippen LogP contribution < -0.4 is 5.32 Å². The summed E-state index contributed by atoms with van der Waals surface area (Å²) in [5.74, 6) is 1.50. The first-order valence-electron chi connectivity index (χ1n) is 8.25. The minimum Gasteiger partial charge on any atom is -0.311 e. The second-order valence-electron chi connectivity index (χ2n) is 6.51. The Bertz CT molecular complexity index is 434. The number of nitrogens with one attached hydrogen (secondary N) is 1. The number of hydrogen-bond acceptors (Lipinski definition) is 3. The number of nitrogens with zero attached hydrogens (tertiary/aromatic N) is 1. The number of rotatable bonds is 6. The number of piperazine rings is 1. The maximum atomic E-state index is 3.81. The van der Waals surface area contributed by atoms with E-state index >= 15 is 0 Å². The maximum absolute atomic E-state index is 3.81. The second kappa shape index (κ2) is 8.09. The summed E-state index contributed by atoms with van der Waals surface area (Å²) >= 11 is 5.45. The van der Waals surface area contributed by atoms with Crippen molar-refractivity contribution in [1.29, 1.82) is 0 Å². The van der Waals surface area contributed by atoms with Crippen molar-refractivity contribution in [1.82, 2.24) is 10.2 Å². The van der Waals surface area contributed by atoms with Gasteiger partial charge in [0.25, 0.3) is 0 Å². The van der Waals surface area contributed by atoms with Gasteiger partial charge in [-0.2, -0.15) is 0 Å². The van der Waals surface area contributed by atoms with E-state index in [1.54, 1.807) is 0 Å². The summed E-state index contributed by atoms with van der Waals surface area (Å²) in [5.41, 5.74) is 0. The molecule has 2 heterocycles. The third kappa shape index (κ3) is 4.54.